The molecule has 11 nitrogen and oxygen atoms in total. The molecule has 6 heterocycles. The lowest BCUT2D eigenvalue weighted by atomic mass is 9.97. The van der Waals surface area contributed by atoms with Crippen LogP contribution < -0.4 is 20.3 Å². The van der Waals surface area contributed by atoms with Crippen molar-refractivity contribution in [2.24, 2.45) is 0 Å². The van der Waals surface area contributed by atoms with E-state index < -0.39 is 0 Å². The molecule has 0 unspecified atom stereocenters. The van der Waals surface area contributed by atoms with E-state index in [9.17, 15) is 4.79 Å². The number of ether oxygens (including phenoxy) is 1. The van der Waals surface area contributed by atoms with Crippen LogP contribution in [0.5, 0.6) is 5.75 Å². The minimum atomic E-state index is -0.0943. The average Bonchev–Trinajstić information content (AvgIpc) is 3.96. The molecule has 2 N–H and O–H groups in total. The molecule has 2 aromatic carbocycles. The number of likely N-dealkylation sites (tertiary alicyclic amines) is 1. The normalized spacial score (nSPS) is 14.4. The van der Waals surface area contributed by atoms with E-state index in [0.29, 0.717) is 30.3 Å². The quantitative estimate of drug-likeness (QED) is 0.123. The van der Waals surface area contributed by atoms with E-state index in [1.54, 1.807) is 24.8 Å². The van der Waals surface area contributed by atoms with Crippen molar-refractivity contribution in [3.63, 3.8) is 0 Å². The first kappa shape index (κ1) is 34.0. The highest BCUT2D eigenvalue weighted by Crippen LogP contribution is 2.44. The fraction of sp³-hybridized carbons (Fsp3) is 0.325. The van der Waals surface area contributed by atoms with E-state index in [-0.39, 0.29) is 5.91 Å². The standard InChI is InChI=1S/C40H42ClN9O2/c41-37-32(8-4-10-35(37)52-22-6-19-48-17-1-2-18-48)30-7-3-9-34-31(30)13-20-50(34)39-38-33(46-27-47-39)23-28(25-45-38)24-42-14-5-15-44-40(51)29-11-12-36-43-16-21-49(36)26-29/h3-4,7-12,16,21,23,25-27,42H,1-2,5-6,13-15,17-20,22,24H2,(H,44,51). The number of benzene rings is 2. The van der Waals surface area contributed by atoms with E-state index >= 15 is 0 Å². The van der Waals surface area contributed by atoms with E-state index in [4.69, 9.17) is 26.3 Å². The number of amides is 1. The predicted octanol–water partition coefficient (Wildman–Crippen LogP) is 6.46. The molecule has 4 aromatic heterocycles. The molecule has 0 radical (unpaired) electrons. The number of rotatable bonds is 14. The van der Waals surface area contributed by atoms with Crippen molar-refractivity contribution >= 4 is 45.7 Å². The second-order valence-corrected chi connectivity index (χ2v) is 13.8. The molecule has 0 aliphatic carbocycles. The van der Waals surface area contributed by atoms with Crippen LogP contribution in [-0.4, -0.2) is 81.0 Å². The molecular weight excluding hydrogens is 674 g/mol. The van der Waals surface area contributed by atoms with Crippen LogP contribution in [0.4, 0.5) is 11.5 Å². The Balaban J connectivity index is 0.887. The van der Waals surface area contributed by atoms with E-state index in [1.165, 1.54) is 31.5 Å². The number of imidazole rings is 1. The summed E-state index contributed by atoms with van der Waals surface area (Å²) in [6.07, 6.45) is 14.1. The van der Waals surface area contributed by atoms with Gasteiger partial charge in [-0.1, -0.05) is 35.9 Å². The van der Waals surface area contributed by atoms with Gasteiger partial charge in [-0.15, -0.1) is 0 Å². The molecule has 266 valence electrons. The van der Waals surface area contributed by atoms with Crippen molar-refractivity contribution in [1.82, 2.24) is 39.9 Å². The van der Waals surface area contributed by atoms with Crippen molar-refractivity contribution in [1.29, 1.82) is 0 Å². The van der Waals surface area contributed by atoms with Gasteiger partial charge in [0.25, 0.3) is 5.91 Å². The van der Waals surface area contributed by atoms with Gasteiger partial charge in [-0.25, -0.2) is 15.0 Å². The fourth-order valence-corrected chi connectivity index (χ4v) is 7.57. The number of pyridine rings is 2. The van der Waals surface area contributed by atoms with E-state index in [1.807, 2.05) is 35.0 Å². The lowest BCUT2D eigenvalue weighted by Gasteiger charge is -2.20. The number of halogens is 1. The third-order valence-corrected chi connectivity index (χ3v) is 10.3. The molecule has 0 atom stereocenters. The van der Waals surface area contributed by atoms with Crippen LogP contribution in [0.2, 0.25) is 5.02 Å². The monoisotopic (exact) mass is 715 g/mol. The Morgan fingerprint density at radius 2 is 1.81 bits per heavy atom. The van der Waals surface area contributed by atoms with Gasteiger partial charge in [0.15, 0.2) is 5.82 Å². The summed E-state index contributed by atoms with van der Waals surface area (Å²) in [5, 5.41) is 7.11. The Morgan fingerprint density at radius 1 is 0.923 bits per heavy atom. The Labute approximate surface area is 308 Å². The van der Waals surface area contributed by atoms with Crippen LogP contribution in [0.15, 0.2) is 85.7 Å². The average molecular weight is 716 g/mol. The van der Waals surface area contributed by atoms with Crippen LogP contribution in [0.3, 0.4) is 0 Å². The molecule has 1 fully saturated rings. The predicted molar refractivity (Wildman–Crippen MR) is 205 cm³/mol. The molecule has 0 bridgehead atoms. The minimum absolute atomic E-state index is 0.0943. The summed E-state index contributed by atoms with van der Waals surface area (Å²) in [5.74, 6) is 1.43. The fourth-order valence-electron chi connectivity index (χ4n) is 7.28. The second-order valence-electron chi connectivity index (χ2n) is 13.4. The van der Waals surface area contributed by atoms with Crippen molar-refractivity contribution < 1.29 is 9.53 Å². The highest BCUT2D eigenvalue weighted by molar-refractivity contribution is 6.35. The molecule has 8 rings (SSSR count). The molecule has 0 spiro atoms. The molecule has 2 aliphatic rings. The molecule has 1 saturated heterocycles. The van der Waals surface area contributed by atoms with Crippen LogP contribution >= 0.6 is 11.6 Å². The minimum Gasteiger partial charge on any atom is -0.492 e. The highest BCUT2D eigenvalue weighted by Gasteiger charge is 2.27. The summed E-state index contributed by atoms with van der Waals surface area (Å²) < 4.78 is 8.02. The summed E-state index contributed by atoms with van der Waals surface area (Å²) in [4.78, 5) is 35.7. The zero-order valence-electron chi connectivity index (χ0n) is 29.1. The number of nitrogens with zero attached hydrogens (tertiary/aromatic N) is 7. The highest BCUT2D eigenvalue weighted by atomic mass is 35.5. The smallest absolute Gasteiger partial charge is 0.252 e. The summed E-state index contributed by atoms with van der Waals surface area (Å²) in [7, 11) is 0. The first-order valence-corrected chi connectivity index (χ1v) is 18.5. The van der Waals surface area contributed by atoms with Gasteiger partial charge in [-0.3, -0.25) is 9.78 Å². The molecule has 6 aromatic rings. The maximum Gasteiger partial charge on any atom is 0.252 e. The van der Waals surface area contributed by atoms with Gasteiger partial charge < -0.3 is 29.6 Å². The van der Waals surface area contributed by atoms with Gasteiger partial charge in [0, 0.05) is 62.2 Å². The molecule has 2 aliphatic heterocycles. The summed E-state index contributed by atoms with van der Waals surface area (Å²) >= 11 is 7.00. The Kier molecular flexibility index (Phi) is 10.2. The van der Waals surface area contributed by atoms with Crippen molar-refractivity contribution in [2.45, 2.75) is 38.6 Å². The third kappa shape index (κ3) is 7.30. The number of nitrogens with one attached hydrogen (secondary N) is 2. The van der Waals surface area contributed by atoms with Gasteiger partial charge in [0.05, 0.1) is 22.7 Å². The van der Waals surface area contributed by atoms with Gasteiger partial charge in [-0.2, -0.15) is 0 Å². The Morgan fingerprint density at radius 3 is 2.73 bits per heavy atom. The summed E-state index contributed by atoms with van der Waals surface area (Å²) in [5.41, 5.74) is 8.46. The lowest BCUT2D eigenvalue weighted by Crippen LogP contribution is -2.27. The molecule has 1 amide bonds. The SMILES string of the molecule is O=C(NCCCNCc1cnc2c(N3CCc4c(-c5cccc(OCCCN6CCCC6)c5Cl)cccc43)ncnc2c1)c1ccc2nccn2c1. The van der Waals surface area contributed by atoms with Crippen LogP contribution in [0.25, 0.3) is 27.8 Å². The number of fused-ring (bicyclic) bond motifs is 3. The van der Waals surface area contributed by atoms with Crippen LogP contribution in [0, 0.1) is 0 Å². The first-order valence-electron chi connectivity index (χ1n) is 18.2. The number of hydrogen-bond acceptors (Lipinski definition) is 9. The van der Waals surface area contributed by atoms with Crippen molar-refractivity contribution in [2.75, 3.05) is 50.8 Å². The van der Waals surface area contributed by atoms with Crippen molar-refractivity contribution in [3.05, 3.63) is 107 Å². The van der Waals surface area contributed by atoms with E-state index in [2.05, 4.69) is 60.7 Å². The third-order valence-electron chi connectivity index (χ3n) is 9.92. The van der Waals surface area contributed by atoms with Crippen molar-refractivity contribution in [3.8, 4) is 16.9 Å². The molecule has 52 heavy (non-hydrogen) atoms. The summed E-state index contributed by atoms with van der Waals surface area (Å²) in [6.45, 7) is 6.86. The topological polar surface area (TPSA) is 113 Å². The summed E-state index contributed by atoms with van der Waals surface area (Å²) in [6, 6.07) is 18.1. The zero-order chi connectivity index (χ0) is 35.3. The Bertz CT molecular complexity index is 2200. The van der Waals surface area contributed by atoms with Gasteiger partial charge in [-0.05, 0) is 98.8 Å². The lowest BCUT2D eigenvalue weighted by molar-refractivity contribution is 0.0952. The number of anilines is 2. The van der Waals surface area contributed by atoms with Gasteiger partial charge in [0.1, 0.15) is 23.2 Å². The zero-order valence-corrected chi connectivity index (χ0v) is 29.9. The number of hydrogen-bond donors (Lipinski definition) is 2. The van der Waals surface area contributed by atoms with Crippen LogP contribution in [0.1, 0.15) is 47.2 Å². The van der Waals surface area contributed by atoms with Gasteiger partial charge >= 0.3 is 0 Å². The van der Waals surface area contributed by atoms with Gasteiger partial charge in [0.2, 0.25) is 0 Å². The number of carbonyl (C=O) groups is 1. The number of aromatic nitrogens is 5. The molecule has 12 heteroatoms. The number of carbonyl (C=O) groups excluding carboxylic acids is 1. The second kappa shape index (κ2) is 15.6. The first-order chi connectivity index (χ1) is 25.6. The van der Waals surface area contributed by atoms with Crippen LogP contribution in [-0.2, 0) is 13.0 Å². The largest absolute Gasteiger partial charge is 0.492 e. The maximum absolute atomic E-state index is 12.6. The molecular formula is C40H42ClN9O2. The Hall–Kier alpha value is -5.10. The molecule has 0 saturated carbocycles. The maximum atomic E-state index is 12.6. The van der Waals surface area contributed by atoms with E-state index in [0.717, 1.165) is 89.5 Å².